The zero-order valence-corrected chi connectivity index (χ0v) is 10.1. The summed E-state index contributed by atoms with van der Waals surface area (Å²) in [4.78, 5) is 11.9. The smallest absolute Gasteiger partial charge is 0.244 e. The highest BCUT2D eigenvalue weighted by Gasteiger charge is 2.36. The Morgan fingerprint density at radius 2 is 1.94 bits per heavy atom. The van der Waals surface area contributed by atoms with Gasteiger partial charge in [0.05, 0.1) is 0 Å². The van der Waals surface area contributed by atoms with Gasteiger partial charge >= 0.3 is 0 Å². The minimum atomic E-state index is -0.587. The third kappa shape index (κ3) is 1.71. The van der Waals surface area contributed by atoms with E-state index < -0.39 is 5.54 Å². The molecule has 1 unspecified atom stereocenters. The van der Waals surface area contributed by atoms with Crippen molar-refractivity contribution in [1.82, 2.24) is 10.6 Å². The van der Waals surface area contributed by atoms with Gasteiger partial charge in [-0.2, -0.15) is 0 Å². The van der Waals surface area contributed by atoms with Crippen molar-refractivity contribution >= 4 is 5.91 Å². The summed E-state index contributed by atoms with van der Waals surface area (Å²) in [5.74, 6) is 0.0574. The topological polar surface area (TPSA) is 41.1 Å². The van der Waals surface area contributed by atoms with E-state index in [1.807, 2.05) is 13.0 Å². The third-order valence-corrected chi connectivity index (χ3v) is 3.43. The van der Waals surface area contributed by atoms with Crippen molar-refractivity contribution in [3.63, 3.8) is 0 Å². The number of hydrogen-bond donors (Lipinski definition) is 2. The number of benzene rings is 1. The quantitative estimate of drug-likeness (QED) is 0.744. The summed E-state index contributed by atoms with van der Waals surface area (Å²) in [6.07, 6.45) is 0. The normalized spacial score (nSPS) is 25.3. The van der Waals surface area contributed by atoms with Crippen LogP contribution in [0.5, 0.6) is 0 Å². The van der Waals surface area contributed by atoms with E-state index in [0.717, 1.165) is 12.1 Å². The van der Waals surface area contributed by atoms with Gasteiger partial charge in [-0.25, -0.2) is 0 Å². The molecule has 16 heavy (non-hydrogen) atoms. The molecule has 1 aromatic carbocycles. The van der Waals surface area contributed by atoms with Crippen molar-refractivity contribution in [2.24, 2.45) is 0 Å². The number of carbonyl (C=O) groups excluding carboxylic acids is 1. The number of piperazine rings is 1. The first-order valence-electron chi connectivity index (χ1n) is 5.65. The Kier molecular flexibility index (Phi) is 2.72. The summed E-state index contributed by atoms with van der Waals surface area (Å²) < 4.78 is 0. The van der Waals surface area contributed by atoms with Gasteiger partial charge in [0.25, 0.3) is 0 Å². The van der Waals surface area contributed by atoms with Crippen LogP contribution in [0.3, 0.4) is 0 Å². The molecule has 1 fully saturated rings. The van der Waals surface area contributed by atoms with Crippen molar-refractivity contribution in [2.45, 2.75) is 26.3 Å². The molecule has 0 aliphatic carbocycles. The van der Waals surface area contributed by atoms with Crippen molar-refractivity contribution in [3.8, 4) is 0 Å². The number of amides is 1. The van der Waals surface area contributed by atoms with E-state index in [9.17, 15) is 4.79 Å². The van der Waals surface area contributed by atoms with Crippen LogP contribution in [-0.4, -0.2) is 19.0 Å². The number of aryl methyl sites for hydroxylation is 2. The van der Waals surface area contributed by atoms with Crippen LogP contribution in [0.2, 0.25) is 0 Å². The number of nitrogens with one attached hydrogen (secondary N) is 2. The molecule has 3 heteroatoms. The van der Waals surface area contributed by atoms with Crippen LogP contribution in [0.15, 0.2) is 18.2 Å². The van der Waals surface area contributed by atoms with E-state index in [0.29, 0.717) is 6.54 Å². The molecule has 1 heterocycles. The number of rotatable bonds is 1. The average molecular weight is 218 g/mol. The molecule has 86 valence electrons. The molecular weight excluding hydrogens is 200 g/mol. The molecule has 1 atom stereocenters. The fraction of sp³-hybridized carbons (Fsp3) is 0.462. The highest BCUT2D eigenvalue weighted by Crippen LogP contribution is 2.24. The molecule has 0 radical (unpaired) electrons. The molecule has 0 spiro atoms. The van der Waals surface area contributed by atoms with E-state index in [2.05, 4.69) is 36.6 Å². The van der Waals surface area contributed by atoms with Crippen LogP contribution in [-0.2, 0) is 10.3 Å². The molecule has 0 bridgehead atoms. The number of carbonyl (C=O) groups is 1. The van der Waals surface area contributed by atoms with E-state index in [1.165, 1.54) is 11.1 Å². The predicted octanol–water partition coefficient (Wildman–Crippen LogP) is 1.24. The first kappa shape index (κ1) is 11.1. The van der Waals surface area contributed by atoms with Gasteiger partial charge in [0.15, 0.2) is 0 Å². The standard InChI is InChI=1S/C13H18N2O/c1-9-4-5-11(8-10(9)2)13(3)12(16)14-6-7-15-13/h4-5,8,15H,6-7H2,1-3H3,(H,14,16). The molecular formula is C13H18N2O. The van der Waals surface area contributed by atoms with E-state index in [4.69, 9.17) is 0 Å². The van der Waals surface area contributed by atoms with Crippen LogP contribution < -0.4 is 10.6 Å². The molecule has 0 aromatic heterocycles. The first-order valence-corrected chi connectivity index (χ1v) is 5.65. The van der Waals surface area contributed by atoms with Crippen LogP contribution in [0, 0.1) is 13.8 Å². The van der Waals surface area contributed by atoms with Gasteiger partial charge in [-0.1, -0.05) is 18.2 Å². The summed E-state index contributed by atoms with van der Waals surface area (Å²) in [6, 6.07) is 6.19. The Balaban J connectivity index is 2.41. The molecule has 3 nitrogen and oxygen atoms in total. The zero-order valence-electron chi connectivity index (χ0n) is 10.1. The maximum absolute atomic E-state index is 11.9. The maximum Gasteiger partial charge on any atom is 0.244 e. The van der Waals surface area contributed by atoms with Crippen molar-refractivity contribution in [3.05, 3.63) is 34.9 Å². The van der Waals surface area contributed by atoms with Gasteiger partial charge in [0.1, 0.15) is 5.54 Å². The van der Waals surface area contributed by atoms with Gasteiger partial charge in [0.2, 0.25) is 5.91 Å². The Morgan fingerprint density at radius 3 is 2.56 bits per heavy atom. The van der Waals surface area contributed by atoms with Crippen LogP contribution in [0.1, 0.15) is 23.6 Å². The van der Waals surface area contributed by atoms with Crippen molar-refractivity contribution in [1.29, 1.82) is 0 Å². The van der Waals surface area contributed by atoms with Crippen molar-refractivity contribution in [2.75, 3.05) is 13.1 Å². The lowest BCUT2D eigenvalue weighted by molar-refractivity contribution is -0.128. The van der Waals surface area contributed by atoms with Crippen molar-refractivity contribution < 1.29 is 4.79 Å². The monoisotopic (exact) mass is 218 g/mol. The first-order chi connectivity index (χ1) is 7.54. The summed E-state index contributed by atoms with van der Waals surface area (Å²) in [6.45, 7) is 7.61. The highest BCUT2D eigenvalue weighted by molar-refractivity contribution is 5.88. The Morgan fingerprint density at radius 1 is 1.19 bits per heavy atom. The summed E-state index contributed by atoms with van der Waals surface area (Å²) in [7, 11) is 0. The Hall–Kier alpha value is -1.35. The van der Waals surface area contributed by atoms with Crippen LogP contribution in [0.4, 0.5) is 0 Å². The van der Waals surface area contributed by atoms with E-state index in [-0.39, 0.29) is 5.91 Å². The van der Waals surface area contributed by atoms with Gasteiger partial charge in [-0.15, -0.1) is 0 Å². The summed E-state index contributed by atoms with van der Waals surface area (Å²) >= 11 is 0. The lowest BCUT2D eigenvalue weighted by Gasteiger charge is -2.34. The second-order valence-electron chi connectivity index (χ2n) is 4.61. The molecule has 1 aliphatic rings. The van der Waals surface area contributed by atoms with Gasteiger partial charge in [0, 0.05) is 13.1 Å². The Bertz CT molecular complexity index is 428. The summed E-state index contributed by atoms with van der Waals surface area (Å²) in [5.41, 5.74) is 2.92. The third-order valence-electron chi connectivity index (χ3n) is 3.43. The van der Waals surface area contributed by atoms with Crippen LogP contribution >= 0.6 is 0 Å². The molecule has 2 rings (SSSR count). The minimum Gasteiger partial charge on any atom is -0.353 e. The second kappa shape index (κ2) is 3.91. The maximum atomic E-state index is 11.9. The SMILES string of the molecule is Cc1ccc(C2(C)NCCNC2=O)cc1C. The van der Waals surface area contributed by atoms with Crippen LogP contribution in [0.25, 0.3) is 0 Å². The average Bonchev–Trinajstić information content (AvgIpc) is 2.26. The van der Waals surface area contributed by atoms with Gasteiger partial charge in [-0.3, -0.25) is 10.1 Å². The summed E-state index contributed by atoms with van der Waals surface area (Å²) in [5, 5.41) is 6.20. The zero-order chi connectivity index (χ0) is 11.8. The molecule has 1 saturated heterocycles. The molecule has 1 amide bonds. The van der Waals surface area contributed by atoms with Gasteiger partial charge in [-0.05, 0) is 37.5 Å². The lowest BCUT2D eigenvalue weighted by Crippen LogP contribution is -2.59. The molecule has 2 N–H and O–H groups in total. The molecule has 0 saturated carbocycles. The van der Waals surface area contributed by atoms with Gasteiger partial charge < -0.3 is 5.32 Å². The van der Waals surface area contributed by atoms with E-state index >= 15 is 0 Å². The lowest BCUT2D eigenvalue weighted by atomic mass is 9.87. The van der Waals surface area contributed by atoms with E-state index in [1.54, 1.807) is 0 Å². The largest absolute Gasteiger partial charge is 0.353 e. The fourth-order valence-corrected chi connectivity index (χ4v) is 2.03. The Labute approximate surface area is 96.2 Å². The second-order valence-corrected chi connectivity index (χ2v) is 4.61. The highest BCUT2D eigenvalue weighted by atomic mass is 16.2. The fourth-order valence-electron chi connectivity index (χ4n) is 2.03. The molecule has 1 aliphatic heterocycles. The predicted molar refractivity (Wildman–Crippen MR) is 64.3 cm³/mol. The minimum absolute atomic E-state index is 0.0574. The number of hydrogen-bond acceptors (Lipinski definition) is 2. The molecule has 1 aromatic rings.